The Kier molecular flexibility index (Phi) is 8.56. The van der Waals surface area contributed by atoms with Gasteiger partial charge in [0.1, 0.15) is 5.69 Å². The van der Waals surface area contributed by atoms with Crippen LogP contribution in [-0.4, -0.2) is 108 Å². The number of nitrogens with zero attached hydrogens (tertiary/aromatic N) is 7. The number of piperidine rings is 1. The summed E-state index contributed by atoms with van der Waals surface area (Å²) in [5, 5.41) is 3.43. The summed E-state index contributed by atoms with van der Waals surface area (Å²) in [5.41, 5.74) is 11.6. The summed E-state index contributed by atoms with van der Waals surface area (Å²) in [4.78, 5) is 37.5. The third-order valence-electron chi connectivity index (χ3n) is 10.7. The molecule has 7 rings (SSSR count). The average Bonchev–Trinajstić information content (AvgIpc) is 3.06. The minimum Gasteiger partial charge on any atom is -0.381 e. The normalized spacial score (nSPS) is 20.9. The SMILES string of the molecule is Cc1cc(Nc2nc(N3CCC34CCOCC4)c(-c3ncccc3C)nc2C(N)=O)ccc1N1CCC(N2CCN(C)CC2)CC1. The Labute approximate surface area is 272 Å². The first-order chi connectivity index (χ1) is 22.3. The Morgan fingerprint density at radius 2 is 1.70 bits per heavy atom. The fraction of sp³-hybridized carbons (Fsp3) is 0.543. The third-order valence-corrected chi connectivity index (χ3v) is 10.7. The third kappa shape index (κ3) is 5.91. The van der Waals surface area contributed by atoms with Gasteiger partial charge in [0.15, 0.2) is 17.3 Å². The molecule has 0 unspecified atom stereocenters. The first-order valence-electron chi connectivity index (χ1n) is 16.9. The zero-order valence-corrected chi connectivity index (χ0v) is 27.5. The number of benzene rings is 1. The summed E-state index contributed by atoms with van der Waals surface area (Å²) in [6, 6.07) is 11.0. The topological polar surface area (TPSA) is 116 Å². The number of carbonyl (C=O) groups excluding carboxylic acids is 1. The lowest BCUT2D eigenvalue weighted by molar-refractivity contribution is 0.0285. The van der Waals surface area contributed by atoms with Crippen molar-refractivity contribution in [2.45, 2.75) is 57.5 Å². The summed E-state index contributed by atoms with van der Waals surface area (Å²) in [7, 11) is 2.22. The lowest BCUT2D eigenvalue weighted by Gasteiger charge is -2.55. The number of rotatable bonds is 7. The number of ether oxygens (including phenoxy) is 1. The van der Waals surface area contributed by atoms with E-state index < -0.39 is 5.91 Å². The molecule has 46 heavy (non-hydrogen) atoms. The molecule has 1 amide bonds. The summed E-state index contributed by atoms with van der Waals surface area (Å²) < 4.78 is 5.72. The maximum Gasteiger partial charge on any atom is 0.271 e. The molecule has 11 nitrogen and oxygen atoms in total. The molecule has 3 aromatic rings. The van der Waals surface area contributed by atoms with Crippen LogP contribution in [0.15, 0.2) is 36.5 Å². The van der Waals surface area contributed by atoms with Crippen LogP contribution in [0.5, 0.6) is 0 Å². The summed E-state index contributed by atoms with van der Waals surface area (Å²) in [6.07, 6.45) is 7.08. The molecule has 0 saturated carbocycles. The monoisotopic (exact) mass is 625 g/mol. The number of aryl methyl sites for hydroxylation is 2. The highest BCUT2D eigenvalue weighted by Gasteiger charge is 2.47. The van der Waals surface area contributed by atoms with Crippen molar-refractivity contribution in [1.29, 1.82) is 0 Å². The van der Waals surface area contributed by atoms with Crippen molar-refractivity contribution in [2.75, 3.05) is 81.2 Å². The van der Waals surface area contributed by atoms with E-state index >= 15 is 0 Å². The van der Waals surface area contributed by atoms with Crippen molar-refractivity contribution in [2.24, 2.45) is 5.73 Å². The highest BCUT2D eigenvalue weighted by molar-refractivity contribution is 5.98. The Hall–Kier alpha value is -3.80. The number of anilines is 4. The average molecular weight is 626 g/mol. The van der Waals surface area contributed by atoms with Gasteiger partial charge < -0.3 is 30.5 Å². The molecule has 2 aromatic heterocycles. The predicted molar refractivity (Wildman–Crippen MR) is 182 cm³/mol. The number of primary amides is 1. The minimum atomic E-state index is -0.627. The number of aromatic nitrogens is 3. The molecule has 0 aliphatic carbocycles. The van der Waals surface area contributed by atoms with E-state index in [4.69, 9.17) is 20.4 Å². The molecule has 11 heteroatoms. The van der Waals surface area contributed by atoms with E-state index in [0.29, 0.717) is 23.2 Å². The fourth-order valence-corrected chi connectivity index (χ4v) is 7.79. The van der Waals surface area contributed by atoms with Crippen LogP contribution >= 0.6 is 0 Å². The maximum absolute atomic E-state index is 12.8. The van der Waals surface area contributed by atoms with Gasteiger partial charge in [-0.1, -0.05) is 6.07 Å². The molecule has 1 aromatic carbocycles. The van der Waals surface area contributed by atoms with Gasteiger partial charge in [-0.25, -0.2) is 9.97 Å². The molecule has 244 valence electrons. The number of nitrogens with one attached hydrogen (secondary N) is 1. The number of amides is 1. The van der Waals surface area contributed by atoms with E-state index in [0.717, 1.165) is 82.3 Å². The van der Waals surface area contributed by atoms with E-state index in [9.17, 15) is 4.79 Å². The van der Waals surface area contributed by atoms with Crippen LogP contribution in [0, 0.1) is 13.8 Å². The number of hydrogen-bond acceptors (Lipinski definition) is 10. The van der Waals surface area contributed by atoms with Gasteiger partial charge in [0.05, 0.1) is 5.69 Å². The molecule has 1 spiro atoms. The molecule has 0 atom stereocenters. The Balaban J connectivity index is 1.15. The van der Waals surface area contributed by atoms with Crippen LogP contribution in [0.25, 0.3) is 11.4 Å². The van der Waals surface area contributed by atoms with E-state index in [-0.39, 0.29) is 11.2 Å². The van der Waals surface area contributed by atoms with Crippen LogP contribution in [0.2, 0.25) is 0 Å². The van der Waals surface area contributed by atoms with Gasteiger partial charge in [0.25, 0.3) is 5.91 Å². The summed E-state index contributed by atoms with van der Waals surface area (Å²) in [5.74, 6) is 0.477. The molecule has 6 heterocycles. The second-order valence-corrected chi connectivity index (χ2v) is 13.5. The zero-order chi connectivity index (χ0) is 31.8. The lowest BCUT2D eigenvalue weighted by Crippen LogP contribution is -2.63. The second kappa shape index (κ2) is 12.8. The van der Waals surface area contributed by atoms with Crippen molar-refractivity contribution in [3.05, 3.63) is 53.3 Å². The molecular weight excluding hydrogens is 578 g/mol. The number of hydrogen-bond donors (Lipinski definition) is 2. The smallest absolute Gasteiger partial charge is 0.271 e. The first-order valence-corrected chi connectivity index (χ1v) is 16.9. The van der Waals surface area contributed by atoms with Gasteiger partial charge in [0.2, 0.25) is 0 Å². The van der Waals surface area contributed by atoms with Gasteiger partial charge in [-0.15, -0.1) is 0 Å². The maximum atomic E-state index is 12.8. The lowest BCUT2D eigenvalue weighted by atomic mass is 9.77. The van der Waals surface area contributed by atoms with E-state index in [1.54, 1.807) is 6.20 Å². The number of nitrogens with two attached hydrogens (primary N) is 1. The number of piperazine rings is 1. The van der Waals surface area contributed by atoms with Crippen LogP contribution in [0.1, 0.15) is 53.7 Å². The van der Waals surface area contributed by atoms with Crippen LogP contribution in [0.4, 0.5) is 23.0 Å². The van der Waals surface area contributed by atoms with Crippen molar-refractivity contribution in [3.63, 3.8) is 0 Å². The van der Waals surface area contributed by atoms with Crippen LogP contribution < -0.4 is 20.9 Å². The number of pyridine rings is 1. The summed E-state index contributed by atoms with van der Waals surface area (Å²) in [6.45, 7) is 13.3. The van der Waals surface area contributed by atoms with Crippen molar-refractivity contribution in [1.82, 2.24) is 24.8 Å². The number of carbonyl (C=O) groups is 1. The van der Waals surface area contributed by atoms with Crippen molar-refractivity contribution >= 4 is 28.9 Å². The molecule has 4 aliphatic heterocycles. The van der Waals surface area contributed by atoms with E-state index in [2.05, 4.69) is 62.1 Å². The summed E-state index contributed by atoms with van der Waals surface area (Å²) >= 11 is 0. The van der Waals surface area contributed by atoms with Crippen LogP contribution in [0.3, 0.4) is 0 Å². The predicted octanol–water partition coefficient (Wildman–Crippen LogP) is 3.97. The largest absolute Gasteiger partial charge is 0.381 e. The Morgan fingerprint density at radius 1 is 0.935 bits per heavy atom. The molecule has 0 radical (unpaired) electrons. The van der Waals surface area contributed by atoms with Crippen LogP contribution in [-0.2, 0) is 4.74 Å². The van der Waals surface area contributed by atoms with Gasteiger partial charge in [-0.3, -0.25) is 14.7 Å². The Morgan fingerprint density at radius 3 is 2.35 bits per heavy atom. The standard InChI is InChI=1S/C35H47N9O2/c1-24-5-4-13-37-29(24)30-34(44-16-10-35(44)11-21-46-22-12-35)40-33(31(39-30)32(36)45)38-26-6-7-28(25(2)23-26)43-14-8-27(9-15-43)42-19-17-41(3)18-20-42/h4-7,13,23,27H,8-12,14-22H2,1-3H3,(H2,36,45)(H,38,40). The highest BCUT2D eigenvalue weighted by atomic mass is 16.5. The fourth-order valence-electron chi connectivity index (χ4n) is 7.79. The highest BCUT2D eigenvalue weighted by Crippen LogP contribution is 2.45. The minimum absolute atomic E-state index is 0.0219. The Bertz CT molecular complexity index is 1570. The molecule has 4 fully saturated rings. The van der Waals surface area contributed by atoms with Crippen molar-refractivity contribution in [3.8, 4) is 11.4 Å². The van der Waals surface area contributed by atoms with E-state index in [1.165, 1.54) is 37.2 Å². The first kappa shape index (κ1) is 30.8. The second-order valence-electron chi connectivity index (χ2n) is 13.5. The van der Waals surface area contributed by atoms with Crippen molar-refractivity contribution < 1.29 is 9.53 Å². The van der Waals surface area contributed by atoms with Gasteiger partial charge >= 0.3 is 0 Å². The van der Waals surface area contributed by atoms with E-state index in [1.807, 2.05) is 19.1 Å². The molecular formula is C35H47N9O2. The number of likely N-dealkylation sites (N-methyl/N-ethyl adjacent to an activating group) is 1. The molecule has 0 bridgehead atoms. The quantitative estimate of drug-likeness (QED) is 0.400. The molecule has 3 N–H and O–H groups in total. The van der Waals surface area contributed by atoms with Gasteiger partial charge in [-0.05, 0) is 88.4 Å². The molecule has 4 saturated heterocycles. The van der Waals surface area contributed by atoms with Gasteiger partial charge in [0, 0.05) is 88.2 Å². The molecule has 4 aliphatic rings. The zero-order valence-electron chi connectivity index (χ0n) is 27.5. The van der Waals surface area contributed by atoms with Gasteiger partial charge in [-0.2, -0.15) is 0 Å².